The first-order chi connectivity index (χ1) is 8.04. The van der Waals surface area contributed by atoms with Gasteiger partial charge in [0.1, 0.15) is 6.54 Å². The molecule has 0 bridgehead atoms. The number of amides is 2. The number of carbonyl (C=O) groups excluding carboxylic acids is 2. The molecule has 0 aromatic rings. The van der Waals surface area contributed by atoms with E-state index in [-0.39, 0.29) is 24.7 Å². The zero-order chi connectivity index (χ0) is 12.8. The van der Waals surface area contributed by atoms with Crippen LogP contribution in [0, 0.1) is 0 Å². The maximum atomic E-state index is 11.9. The molecule has 0 radical (unpaired) electrons. The van der Waals surface area contributed by atoms with Crippen LogP contribution in [0.15, 0.2) is 0 Å². The maximum absolute atomic E-state index is 11.9. The van der Waals surface area contributed by atoms with E-state index in [1.54, 1.807) is 0 Å². The largest absolute Gasteiger partial charge is 0.468 e. The Hall–Kier alpha value is -1.30. The summed E-state index contributed by atoms with van der Waals surface area (Å²) in [6.07, 6.45) is 0.815. The molecular formula is C11H20N2O4. The topological polar surface area (TPSA) is 67.9 Å². The van der Waals surface area contributed by atoms with Crippen LogP contribution in [-0.2, 0) is 14.3 Å². The Balaban J connectivity index is 2.50. The molecule has 1 fully saturated rings. The lowest BCUT2D eigenvalue weighted by Gasteiger charge is -2.27. The van der Waals surface area contributed by atoms with Crippen molar-refractivity contribution in [2.24, 2.45) is 0 Å². The van der Waals surface area contributed by atoms with Gasteiger partial charge in [0.05, 0.1) is 19.8 Å². The van der Waals surface area contributed by atoms with Gasteiger partial charge in [0, 0.05) is 12.6 Å². The van der Waals surface area contributed by atoms with Crippen molar-refractivity contribution in [3.8, 4) is 0 Å². The van der Waals surface area contributed by atoms with Gasteiger partial charge >= 0.3 is 12.0 Å². The van der Waals surface area contributed by atoms with Crippen LogP contribution in [0.25, 0.3) is 0 Å². The number of hydrogen-bond donors (Lipinski definition) is 1. The van der Waals surface area contributed by atoms with Crippen molar-refractivity contribution in [3.63, 3.8) is 0 Å². The number of ether oxygens (including phenoxy) is 2. The molecule has 0 aliphatic carbocycles. The fourth-order valence-electron chi connectivity index (χ4n) is 1.60. The lowest BCUT2D eigenvalue weighted by molar-refractivity contribution is -0.141. The van der Waals surface area contributed by atoms with Crippen LogP contribution in [0.4, 0.5) is 4.79 Å². The number of urea groups is 1. The van der Waals surface area contributed by atoms with Crippen LogP contribution in [-0.4, -0.2) is 55.9 Å². The highest BCUT2D eigenvalue weighted by Gasteiger charge is 2.24. The average Bonchev–Trinajstić information content (AvgIpc) is 2.77. The van der Waals surface area contributed by atoms with Gasteiger partial charge in [-0.25, -0.2) is 4.79 Å². The van der Waals surface area contributed by atoms with Gasteiger partial charge in [0.15, 0.2) is 0 Å². The molecule has 1 atom stereocenters. The van der Waals surface area contributed by atoms with Gasteiger partial charge in [-0.2, -0.15) is 0 Å². The van der Waals surface area contributed by atoms with Gasteiger partial charge in [-0.05, 0) is 20.3 Å². The lowest BCUT2D eigenvalue weighted by atomic mass is 10.2. The van der Waals surface area contributed by atoms with E-state index >= 15 is 0 Å². The van der Waals surface area contributed by atoms with Crippen LogP contribution in [0.5, 0.6) is 0 Å². The SMILES string of the molecule is COC(=O)CN(C(=O)NC1CCOC1)C(C)C. The Morgan fingerprint density at radius 2 is 2.24 bits per heavy atom. The van der Waals surface area contributed by atoms with E-state index in [9.17, 15) is 9.59 Å². The molecule has 2 amide bonds. The van der Waals surface area contributed by atoms with Crippen molar-refractivity contribution in [2.45, 2.75) is 32.4 Å². The summed E-state index contributed by atoms with van der Waals surface area (Å²) in [5, 5.41) is 2.84. The van der Waals surface area contributed by atoms with Crippen LogP contribution in [0.3, 0.4) is 0 Å². The minimum Gasteiger partial charge on any atom is -0.468 e. The smallest absolute Gasteiger partial charge is 0.325 e. The Bertz CT molecular complexity index is 275. The van der Waals surface area contributed by atoms with Gasteiger partial charge < -0.3 is 19.7 Å². The third-order valence-electron chi connectivity index (χ3n) is 2.67. The summed E-state index contributed by atoms with van der Waals surface area (Å²) in [6.45, 7) is 4.88. The van der Waals surface area contributed by atoms with Crippen molar-refractivity contribution >= 4 is 12.0 Å². The predicted octanol–water partition coefficient (Wildman–Crippen LogP) is 0.368. The van der Waals surface area contributed by atoms with Gasteiger partial charge in [-0.1, -0.05) is 0 Å². The Morgan fingerprint density at radius 3 is 2.71 bits per heavy atom. The van der Waals surface area contributed by atoms with Crippen molar-refractivity contribution < 1.29 is 19.1 Å². The van der Waals surface area contributed by atoms with E-state index < -0.39 is 5.97 Å². The molecular weight excluding hydrogens is 224 g/mol. The van der Waals surface area contributed by atoms with Gasteiger partial charge in [-0.15, -0.1) is 0 Å². The van der Waals surface area contributed by atoms with Crippen LogP contribution in [0.1, 0.15) is 20.3 Å². The highest BCUT2D eigenvalue weighted by Crippen LogP contribution is 2.06. The predicted molar refractivity (Wildman–Crippen MR) is 61.6 cm³/mol. The van der Waals surface area contributed by atoms with Gasteiger partial charge in [0.25, 0.3) is 0 Å². The first-order valence-corrected chi connectivity index (χ1v) is 5.76. The van der Waals surface area contributed by atoms with Gasteiger partial charge in [-0.3, -0.25) is 4.79 Å². The third kappa shape index (κ3) is 4.22. The Labute approximate surface area is 101 Å². The summed E-state index contributed by atoms with van der Waals surface area (Å²) in [5.74, 6) is -0.420. The summed E-state index contributed by atoms with van der Waals surface area (Å²) in [7, 11) is 1.31. The molecule has 6 heteroatoms. The summed E-state index contributed by atoms with van der Waals surface area (Å²) in [6, 6.07) is -0.265. The minimum absolute atomic E-state index is 0.0341. The number of carbonyl (C=O) groups is 2. The molecule has 0 aromatic heterocycles. The molecule has 1 unspecified atom stereocenters. The molecule has 1 saturated heterocycles. The third-order valence-corrected chi connectivity index (χ3v) is 2.67. The average molecular weight is 244 g/mol. The maximum Gasteiger partial charge on any atom is 0.325 e. The number of esters is 1. The first kappa shape index (κ1) is 13.8. The molecule has 1 N–H and O–H groups in total. The van der Waals surface area contributed by atoms with E-state index in [2.05, 4.69) is 10.1 Å². The molecule has 0 spiro atoms. The zero-order valence-corrected chi connectivity index (χ0v) is 10.6. The summed E-state index contributed by atoms with van der Waals surface area (Å²) in [4.78, 5) is 24.6. The quantitative estimate of drug-likeness (QED) is 0.725. The normalized spacial score (nSPS) is 19.2. The standard InChI is InChI=1S/C11H20N2O4/c1-8(2)13(6-10(14)16-3)11(15)12-9-4-5-17-7-9/h8-9H,4-7H2,1-3H3,(H,12,15). The fourth-order valence-corrected chi connectivity index (χ4v) is 1.60. The minimum atomic E-state index is -0.420. The van der Waals surface area contributed by atoms with Gasteiger partial charge in [0.2, 0.25) is 0 Å². The van der Waals surface area contributed by atoms with Crippen molar-refractivity contribution in [1.29, 1.82) is 0 Å². The van der Waals surface area contributed by atoms with Crippen molar-refractivity contribution in [3.05, 3.63) is 0 Å². The molecule has 98 valence electrons. The number of hydrogen-bond acceptors (Lipinski definition) is 4. The molecule has 0 saturated carbocycles. The second kappa shape index (κ2) is 6.44. The van der Waals surface area contributed by atoms with E-state index in [0.29, 0.717) is 13.2 Å². The second-order valence-corrected chi connectivity index (χ2v) is 4.31. The molecule has 17 heavy (non-hydrogen) atoms. The molecule has 1 rings (SSSR count). The Morgan fingerprint density at radius 1 is 1.53 bits per heavy atom. The van der Waals surface area contributed by atoms with E-state index in [0.717, 1.165) is 6.42 Å². The first-order valence-electron chi connectivity index (χ1n) is 5.76. The summed E-state index contributed by atoms with van der Waals surface area (Å²) < 4.78 is 9.74. The van der Waals surface area contributed by atoms with Crippen LogP contribution in [0.2, 0.25) is 0 Å². The van der Waals surface area contributed by atoms with Crippen molar-refractivity contribution in [2.75, 3.05) is 26.9 Å². The zero-order valence-electron chi connectivity index (χ0n) is 10.6. The Kier molecular flexibility index (Phi) is 5.21. The lowest BCUT2D eigenvalue weighted by Crippen LogP contribution is -2.49. The van der Waals surface area contributed by atoms with E-state index in [4.69, 9.17) is 4.74 Å². The molecule has 1 heterocycles. The monoisotopic (exact) mass is 244 g/mol. The second-order valence-electron chi connectivity index (χ2n) is 4.31. The molecule has 6 nitrogen and oxygen atoms in total. The molecule has 1 aliphatic rings. The summed E-state index contributed by atoms with van der Waals surface area (Å²) in [5.41, 5.74) is 0. The number of rotatable bonds is 4. The number of nitrogens with zero attached hydrogens (tertiary/aromatic N) is 1. The van der Waals surface area contributed by atoms with Crippen molar-refractivity contribution in [1.82, 2.24) is 10.2 Å². The highest BCUT2D eigenvalue weighted by atomic mass is 16.5. The fraction of sp³-hybridized carbons (Fsp3) is 0.818. The van der Waals surface area contributed by atoms with Crippen LogP contribution >= 0.6 is 0 Å². The molecule has 1 aliphatic heterocycles. The summed E-state index contributed by atoms with van der Waals surface area (Å²) >= 11 is 0. The van der Waals surface area contributed by atoms with E-state index in [1.165, 1.54) is 12.0 Å². The van der Waals surface area contributed by atoms with E-state index in [1.807, 2.05) is 13.8 Å². The number of nitrogens with one attached hydrogen (secondary N) is 1. The highest BCUT2D eigenvalue weighted by molar-refractivity contribution is 5.81. The molecule has 0 aromatic carbocycles. The van der Waals surface area contributed by atoms with Crippen LogP contribution < -0.4 is 5.32 Å². The number of methoxy groups -OCH3 is 1.